The maximum atomic E-state index is 13.3. The number of anilines is 2. The first-order valence-corrected chi connectivity index (χ1v) is 13.5. The van der Waals surface area contributed by atoms with E-state index in [0.29, 0.717) is 60.7 Å². The predicted molar refractivity (Wildman–Crippen MR) is 145 cm³/mol. The summed E-state index contributed by atoms with van der Waals surface area (Å²) in [6.07, 6.45) is 5.30. The Labute approximate surface area is 232 Å². The number of hydrogen-bond donors (Lipinski definition) is 1. The lowest BCUT2D eigenvalue weighted by Crippen LogP contribution is -2.56. The topological polar surface area (TPSA) is 132 Å². The minimum atomic E-state index is -0.107. The highest BCUT2D eigenvalue weighted by molar-refractivity contribution is 5.97. The van der Waals surface area contributed by atoms with Crippen molar-refractivity contribution >= 4 is 17.7 Å². The predicted octanol–water partition coefficient (Wildman–Crippen LogP) is 3.72. The Hall–Kier alpha value is -4.27. The fraction of sp³-hybridized carbons (Fsp3) is 0.414. The number of carbonyl (C=O) groups excluding carboxylic acids is 1. The summed E-state index contributed by atoms with van der Waals surface area (Å²) in [5.41, 5.74) is 2.24. The van der Waals surface area contributed by atoms with Crippen LogP contribution in [-0.4, -0.2) is 77.5 Å². The summed E-state index contributed by atoms with van der Waals surface area (Å²) in [6, 6.07) is 13.0. The lowest BCUT2D eigenvalue weighted by atomic mass is 9.96. The third kappa shape index (κ3) is 5.41. The van der Waals surface area contributed by atoms with Gasteiger partial charge in [-0.1, -0.05) is 0 Å². The Bertz CT molecular complexity index is 1430. The molecule has 0 spiro atoms. The maximum absolute atomic E-state index is 13.3. The van der Waals surface area contributed by atoms with E-state index in [0.717, 1.165) is 31.2 Å². The maximum Gasteiger partial charge on any atom is 0.259 e. The zero-order valence-corrected chi connectivity index (χ0v) is 22.2. The molecule has 0 radical (unpaired) electrons. The smallest absolute Gasteiger partial charge is 0.259 e. The summed E-state index contributed by atoms with van der Waals surface area (Å²) in [5.74, 6) is 1.43. The van der Waals surface area contributed by atoms with Crippen molar-refractivity contribution in [3.8, 4) is 29.0 Å². The van der Waals surface area contributed by atoms with Crippen molar-refractivity contribution in [2.24, 2.45) is 0 Å². The summed E-state index contributed by atoms with van der Waals surface area (Å²) < 4.78 is 22.7. The summed E-state index contributed by atoms with van der Waals surface area (Å²) in [6.45, 7) is 2.48. The van der Waals surface area contributed by atoms with Crippen molar-refractivity contribution < 1.29 is 23.7 Å². The van der Waals surface area contributed by atoms with Crippen LogP contribution in [0.5, 0.6) is 11.6 Å². The van der Waals surface area contributed by atoms with Crippen LogP contribution >= 0.6 is 0 Å². The largest absolute Gasteiger partial charge is 0.489 e. The first-order chi connectivity index (χ1) is 19.6. The van der Waals surface area contributed by atoms with Gasteiger partial charge in [0.1, 0.15) is 29.3 Å². The zero-order valence-electron chi connectivity index (χ0n) is 22.2. The van der Waals surface area contributed by atoms with Crippen molar-refractivity contribution in [1.82, 2.24) is 19.9 Å². The van der Waals surface area contributed by atoms with Crippen molar-refractivity contribution in [2.45, 2.75) is 43.9 Å². The Balaban J connectivity index is 1.18. The number of piperidine rings is 1. The number of hydrogen-bond acceptors (Lipinski definition) is 10. The molecule has 7 rings (SSSR count). The van der Waals surface area contributed by atoms with E-state index in [2.05, 4.69) is 26.3 Å². The summed E-state index contributed by atoms with van der Waals surface area (Å²) in [4.78, 5) is 28.6. The Morgan fingerprint density at radius 3 is 2.73 bits per heavy atom. The Kier molecular flexibility index (Phi) is 7.44. The molecular weight excluding hydrogens is 512 g/mol. The van der Waals surface area contributed by atoms with Gasteiger partial charge in [-0.3, -0.25) is 4.79 Å². The van der Waals surface area contributed by atoms with E-state index in [-0.39, 0.29) is 30.0 Å². The molecule has 4 fully saturated rings. The van der Waals surface area contributed by atoms with Crippen LogP contribution < -0.4 is 14.8 Å². The fourth-order valence-corrected chi connectivity index (χ4v) is 5.33. The highest BCUT2D eigenvalue weighted by Crippen LogP contribution is 2.31. The fourth-order valence-electron chi connectivity index (χ4n) is 5.33. The number of carbonyl (C=O) groups is 1. The van der Waals surface area contributed by atoms with Gasteiger partial charge in [0.15, 0.2) is 0 Å². The Morgan fingerprint density at radius 1 is 1.12 bits per heavy atom. The molecule has 4 aliphatic rings. The highest BCUT2D eigenvalue weighted by atomic mass is 16.5. The van der Waals surface area contributed by atoms with Crippen molar-refractivity contribution in [1.29, 1.82) is 5.26 Å². The number of fused-ring (bicyclic) bond motifs is 3. The molecule has 0 saturated carbocycles. The normalized spacial score (nSPS) is 20.6. The average Bonchev–Trinajstić information content (AvgIpc) is 3.02. The van der Waals surface area contributed by atoms with Gasteiger partial charge in [0.2, 0.25) is 11.8 Å². The lowest BCUT2D eigenvalue weighted by molar-refractivity contribution is -0.0916. The highest BCUT2D eigenvalue weighted by Gasteiger charge is 2.38. The number of methoxy groups -OCH3 is 1. The van der Waals surface area contributed by atoms with Gasteiger partial charge in [0.05, 0.1) is 50.3 Å². The molecule has 3 aromatic rings. The number of nitrogens with one attached hydrogen (secondary N) is 1. The molecule has 11 nitrogen and oxygen atoms in total. The summed E-state index contributed by atoms with van der Waals surface area (Å²) in [5, 5.41) is 12.8. The quantitative estimate of drug-likeness (QED) is 0.471. The second kappa shape index (κ2) is 11.5. The molecule has 1 aromatic carbocycles. The molecule has 2 aromatic heterocycles. The van der Waals surface area contributed by atoms with Gasteiger partial charge < -0.3 is 29.2 Å². The van der Waals surface area contributed by atoms with Gasteiger partial charge in [-0.25, -0.2) is 9.97 Å². The van der Waals surface area contributed by atoms with Crippen LogP contribution in [0.25, 0.3) is 11.3 Å². The molecule has 6 heterocycles. The third-order valence-electron chi connectivity index (χ3n) is 7.49. The number of benzene rings is 1. The molecule has 4 aliphatic heterocycles. The molecule has 206 valence electrons. The van der Waals surface area contributed by atoms with Gasteiger partial charge >= 0.3 is 0 Å². The monoisotopic (exact) mass is 542 g/mol. The summed E-state index contributed by atoms with van der Waals surface area (Å²) >= 11 is 0. The number of aromatic nitrogens is 3. The van der Waals surface area contributed by atoms with Crippen molar-refractivity contribution in [3.63, 3.8) is 0 Å². The molecule has 0 aliphatic carbocycles. The average molecular weight is 543 g/mol. The van der Waals surface area contributed by atoms with E-state index < -0.39 is 0 Å². The third-order valence-corrected chi connectivity index (χ3v) is 7.49. The van der Waals surface area contributed by atoms with E-state index in [9.17, 15) is 10.1 Å². The minimum absolute atomic E-state index is 0.0386. The number of amides is 1. The molecule has 2 bridgehead atoms. The van der Waals surface area contributed by atoms with E-state index >= 15 is 0 Å². The minimum Gasteiger partial charge on any atom is -0.489 e. The van der Waals surface area contributed by atoms with E-state index in [1.165, 1.54) is 7.11 Å². The molecule has 40 heavy (non-hydrogen) atoms. The number of rotatable bonds is 7. The zero-order chi connectivity index (χ0) is 27.5. The molecule has 2 unspecified atom stereocenters. The number of morpholine rings is 1. The number of nitriles is 1. The van der Waals surface area contributed by atoms with E-state index in [1.807, 2.05) is 11.0 Å². The van der Waals surface area contributed by atoms with Crippen LogP contribution in [0.1, 0.15) is 41.6 Å². The first-order valence-electron chi connectivity index (χ1n) is 13.5. The van der Waals surface area contributed by atoms with Gasteiger partial charge in [-0.15, -0.1) is 0 Å². The van der Waals surface area contributed by atoms with Crippen LogP contribution in [0.3, 0.4) is 0 Å². The van der Waals surface area contributed by atoms with E-state index in [1.54, 1.807) is 36.5 Å². The molecule has 11 heteroatoms. The standard InChI is InChI=1S/C29H30N6O5/c1-37-27-23(28(36)35-16-22-4-3-20(35)17-39-22)5-7-26(33-27)34-29-31-11-8-24(32-29)18-2-6-25(19(14-18)15-30)40-21-9-12-38-13-10-21/h2,5-8,11,14,20-22H,3-4,9-10,12-13,16-17H2,1H3,(H,31,32,33,34). The van der Waals surface area contributed by atoms with Crippen LogP contribution in [0.15, 0.2) is 42.6 Å². The molecule has 4 saturated heterocycles. The van der Waals surface area contributed by atoms with Gasteiger partial charge in [-0.05, 0) is 49.2 Å². The second-order valence-corrected chi connectivity index (χ2v) is 10.0. The number of ether oxygens (including phenoxy) is 4. The molecule has 1 amide bonds. The summed E-state index contributed by atoms with van der Waals surface area (Å²) in [7, 11) is 1.49. The van der Waals surface area contributed by atoms with Gasteiger partial charge in [-0.2, -0.15) is 10.2 Å². The van der Waals surface area contributed by atoms with Gasteiger partial charge in [0.25, 0.3) is 5.91 Å². The second-order valence-electron chi connectivity index (χ2n) is 10.0. The van der Waals surface area contributed by atoms with Crippen LogP contribution in [0.4, 0.5) is 11.8 Å². The molecule has 1 N–H and O–H groups in total. The first kappa shape index (κ1) is 26.0. The number of nitrogens with zero attached hydrogens (tertiary/aromatic N) is 5. The van der Waals surface area contributed by atoms with Crippen LogP contribution in [0, 0.1) is 11.3 Å². The Morgan fingerprint density at radius 2 is 2.00 bits per heavy atom. The molecule has 2 atom stereocenters. The number of pyridine rings is 1. The lowest BCUT2D eigenvalue weighted by Gasteiger charge is -2.45. The van der Waals surface area contributed by atoms with Crippen molar-refractivity contribution in [3.05, 3.63) is 53.7 Å². The van der Waals surface area contributed by atoms with E-state index in [4.69, 9.17) is 18.9 Å². The molecular formula is C29H30N6O5. The van der Waals surface area contributed by atoms with Crippen LogP contribution in [-0.2, 0) is 9.47 Å². The van der Waals surface area contributed by atoms with Crippen LogP contribution in [0.2, 0.25) is 0 Å². The SMILES string of the molecule is COc1nc(Nc2nccc(-c3ccc(OC4CCOCC4)c(C#N)c3)n2)ccc1C(=O)N1CC2CCC1CO2. The van der Waals surface area contributed by atoms with Crippen molar-refractivity contribution in [2.75, 3.05) is 38.8 Å². The van der Waals surface area contributed by atoms with Gasteiger partial charge in [0, 0.05) is 31.1 Å².